The van der Waals surface area contributed by atoms with Crippen molar-refractivity contribution in [1.29, 1.82) is 0 Å². The molecule has 1 saturated carbocycles. The fraction of sp³-hybridized carbons (Fsp3) is 0.733. The number of unbranched alkanes of at least 4 members (excludes halogenated alkanes) is 1. The number of anilines is 2. The SMILES string of the molecule is CCCCN(CCO)c1nc(C2CC2)nc(NC)c1C. The second-order valence-corrected chi connectivity index (χ2v) is 5.47. The average molecular weight is 278 g/mol. The van der Waals surface area contributed by atoms with E-state index in [2.05, 4.69) is 22.1 Å². The van der Waals surface area contributed by atoms with Crippen LogP contribution in [0.15, 0.2) is 0 Å². The molecule has 0 aromatic carbocycles. The first-order chi connectivity index (χ1) is 9.71. The lowest BCUT2D eigenvalue weighted by Gasteiger charge is -2.25. The van der Waals surface area contributed by atoms with E-state index >= 15 is 0 Å². The molecular formula is C15H26N4O. The summed E-state index contributed by atoms with van der Waals surface area (Å²) in [6.45, 7) is 5.95. The molecule has 1 aromatic heterocycles. The van der Waals surface area contributed by atoms with Gasteiger partial charge in [-0.25, -0.2) is 9.97 Å². The van der Waals surface area contributed by atoms with Crippen LogP contribution in [0.4, 0.5) is 11.6 Å². The van der Waals surface area contributed by atoms with Crippen LogP contribution in [0.2, 0.25) is 0 Å². The molecule has 5 nitrogen and oxygen atoms in total. The van der Waals surface area contributed by atoms with Crippen LogP contribution in [0.5, 0.6) is 0 Å². The fourth-order valence-corrected chi connectivity index (χ4v) is 2.39. The maximum atomic E-state index is 9.30. The van der Waals surface area contributed by atoms with E-state index in [0.717, 1.165) is 42.4 Å². The van der Waals surface area contributed by atoms with Crippen LogP contribution in [0, 0.1) is 6.92 Å². The number of aromatic nitrogens is 2. The zero-order valence-electron chi connectivity index (χ0n) is 12.8. The molecule has 1 aromatic rings. The monoisotopic (exact) mass is 278 g/mol. The van der Waals surface area contributed by atoms with Crippen molar-refractivity contribution < 1.29 is 5.11 Å². The van der Waals surface area contributed by atoms with E-state index in [4.69, 9.17) is 4.98 Å². The van der Waals surface area contributed by atoms with Crippen LogP contribution in [-0.4, -0.2) is 41.8 Å². The first kappa shape index (κ1) is 15.0. The highest BCUT2D eigenvalue weighted by Gasteiger charge is 2.28. The zero-order chi connectivity index (χ0) is 14.5. The lowest BCUT2D eigenvalue weighted by atomic mass is 10.2. The molecule has 1 aliphatic rings. The molecule has 0 aliphatic heterocycles. The van der Waals surface area contributed by atoms with Gasteiger partial charge in [-0.3, -0.25) is 0 Å². The summed E-state index contributed by atoms with van der Waals surface area (Å²) in [7, 11) is 1.90. The van der Waals surface area contributed by atoms with E-state index in [0.29, 0.717) is 12.5 Å². The Hall–Kier alpha value is -1.36. The van der Waals surface area contributed by atoms with E-state index < -0.39 is 0 Å². The van der Waals surface area contributed by atoms with Crippen LogP contribution < -0.4 is 10.2 Å². The minimum Gasteiger partial charge on any atom is -0.395 e. The molecule has 0 amide bonds. The smallest absolute Gasteiger partial charge is 0.137 e. The van der Waals surface area contributed by atoms with Crippen LogP contribution >= 0.6 is 0 Å². The van der Waals surface area contributed by atoms with E-state index in [9.17, 15) is 5.11 Å². The third kappa shape index (κ3) is 3.39. The van der Waals surface area contributed by atoms with Gasteiger partial charge in [-0.2, -0.15) is 0 Å². The molecule has 1 fully saturated rings. The molecule has 112 valence electrons. The first-order valence-corrected chi connectivity index (χ1v) is 7.63. The van der Waals surface area contributed by atoms with Crippen LogP contribution in [0.3, 0.4) is 0 Å². The summed E-state index contributed by atoms with van der Waals surface area (Å²) in [6.07, 6.45) is 4.64. The predicted octanol–water partition coefficient (Wildman–Crippen LogP) is 2.30. The van der Waals surface area contributed by atoms with Gasteiger partial charge in [0.05, 0.1) is 6.61 Å². The normalized spacial score (nSPS) is 14.4. The van der Waals surface area contributed by atoms with Crippen LogP contribution in [0.25, 0.3) is 0 Å². The van der Waals surface area contributed by atoms with Crippen molar-refractivity contribution in [3.8, 4) is 0 Å². The Morgan fingerprint density at radius 3 is 2.60 bits per heavy atom. The number of rotatable bonds is 8. The van der Waals surface area contributed by atoms with Crippen molar-refractivity contribution in [2.45, 2.75) is 45.4 Å². The van der Waals surface area contributed by atoms with Gasteiger partial charge in [0.1, 0.15) is 17.5 Å². The van der Waals surface area contributed by atoms with E-state index in [1.807, 2.05) is 14.0 Å². The number of nitrogens with zero attached hydrogens (tertiary/aromatic N) is 3. The van der Waals surface area contributed by atoms with Gasteiger partial charge in [-0.05, 0) is 26.2 Å². The molecular weight excluding hydrogens is 252 g/mol. The number of aliphatic hydroxyl groups is 1. The largest absolute Gasteiger partial charge is 0.395 e. The van der Waals surface area contributed by atoms with E-state index in [1.54, 1.807) is 0 Å². The predicted molar refractivity (Wildman–Crippen MR) is 82.5 cm³/mol. The third-order valence-corrected chi connectivity index (χ3v) is 3.77. The average Bonchev–Trinajstić information content (AvgIpc) is 3.28. The molecule has 0 bridgehead atoms. The van der Waals surface area contributed by atoms with Crippen LogP contribution in [0.1, 0.15) is 49.9 Å². The Kier molecular flexibility index (Phi) is 5.17. The van der Waals surface area contributed by atoms with Crippen molar-refractivity contribution in [2.75, 3.05) is 37.0 Å². The Balaban J connectivity index is 2.32. The first-order valence-electron chi connectivity index (χ1n) is 7.63. The van der Waals surface area contributed by atoms with Crippen LogP contribution in [-0.2, 0) is 0 Å². The van der Waals surface area contributed by atoms with E-state index in [-0.39, 0.29) is 6.61 Å². The second-order valence-electron chi connectivity index (χ2n) is 5.47. The summed E-state index contributed by atoms with van der Waals surface area (Å²) in [6, 6.07) is 0. The molecule has 0 unspecified atom stereocenters. The number of aliphatic hydroxyl groups excluding tert-OH is 1. The number of hydrogen-bond donors (Lipinski definition) is 2. The van der Waals surface area contributed by atoms with Gasteiger partial charge in [-0.1, -0.05) is 13.3 Å². The van der Waals surface area contributed by atoms with Gasteiger partial charge in [0.2, 0.25) is 0 Å². The lowest BCUT2D eigenvalue weighted by molar-refractivity contribution is 0.301. The molecule has 0 spiro atoms. The maximum absolute atomic E-state index is 9.30. The van der Waals surface area contributed by atoms with Crippen molar-refractivity contribution >= 4 is 11.6 Å². The highest BCUT2D eigenvalue weighted by Crippen LogP contribution is 2.40. The van der Waals surface area contributed by atoms with Crippen molar-refractivity contribution in [3.05, 3.63) is 11.4 Å². The van der Waals surface area contributed by atoms with Gasteiger partial charge < -0.3 is 15.3 Å². The molecule has 0 atom stereocenters. The molecule has 1 heterocycles. The Labute approximate surface area is 121 Å². The van der Waals surface area contributed by atoms with Gasteiger partial charge in [-0.15, -0.1) is 0 Å². The molecule has 2 rings (SSSR count). The summed E-state index contributed by atoms with van der Waals surface area (Å²) < 4.78 is 0. The molecule has 5 heteroatoms. The minimum absolute atomic E-state index is 0.154. The Morgan fingerprint density at radius 2 is 2.05 bits per heavy atom. The standard InChI is InChI=1S/C15H26N4O/c1-4-5-8-19(9-10-20)15-11(2)13(16-3)17-14(18-15)12-6-7-12/h12,20H,4-10H2,1-3H3,(H,16,17,18). The third-order valence-electron chi connectivity index (χ3n) is 3.77. The second kappa shape index (κ2) is 6.88. The summed E-state index contributed by atoms with van der Waals surface area (Å²) in [5.74, 6) is 3.38. The van der Waals surface area contributed by atoms with Crippen molar-refractivity contribution in [1.82, 2.24) is 9.97 Å². The summed E-state index contributed by atoms with van der Waals surface area (Å²) in [5, 5.41) is 12.5. The van der Waals surface area contributed by atoms with Gasteiger partial charge in [0.15, 0.2) is 0 Å². The summed E-state index contributed by atoms with van der Waals surface area (Å²) in [5.41, 5.74) is 1.07. The molecule has 20 heavy (non-hydrogen) atoms. The molecule has 0 saturated heterocycles. The maximum Gasteiger partial charge on any atom is 0.137 e. The van der Waals surface area contributed by atoms with E-state index in [1.165, 1.54) is 12.8 Å². The van der Waals surface area contributed by atoms with Crippen molar-refractivity contribution in [2.24, 2.45) is 0 Å². The van der Waals surface area contributed by atoms with Crippen molar-refractivity contribution in [3.63, 3.8) is 0 Å². The minimum atomic E-state index is 0.154. The summed E-state index contributed by atoms with van der Waals surface area (Å²) in [4.78, 5) is 11.6. The Bertz CT molecular complexity index is 446. The highest BCUT2D eigenvalue weighted by atomic mass is 16.3. The van der Waals surface area contributed by atoms with Gasteiger partial charge in [0.25, 0.3) is 0 Å². The number of nitrogens with one attached hydrogen (secondary N) is 1. The quantitative estimate of drug-likeness (QED) is 0.764. The fourth-order valence-electron chi connectivity index (χ4n) is 2.39. The Morgan fingerprint density at radius 1 is 1.30 bits per heavy atom. The lowest BCUT2D eigenvalue weighted by Crippen LogP contribution is -2.30. The number of hydrogen-bond acceptors (Lipinski definition) is 5. The molecule has 0 radical (unpaired) electrons. The zero-order valence-corrected chi connectivity index (χ0v) is 12.8. The van der Waals surface area contributed by atoms with Gasteiger partial charge >= 0.3 is 0 Å². The van der Waals surface area contributed by atoms with Gasteiger partial charge in [0, 0.05) is 31.6 Å². The highest BCUT2D eigenvalue weighted by molar-refractivity contribution is 5.58. The topological polar surface area (TPSA) is 61.3 Å². The molecule has 1 aliphatic carbocycles. The summed E-state index contributed by atoms with van der Waals surface area (Å²) >= 11 is 0. The molecule has 2 N–H and O–H groups in total.